The smallest absolute Gasteiger partial charge is 0.110 e. The summed E-state index contributed by atoms with van der Waals surface area (Å²) in [6.07, 6.45) is 0.945. The molecule has 0 bridgehead atoms. The van der Waals surface area contributed by atoms with E-state index in [9.17, 15) is 0 Å². The first-order valence-corrected chi connectivity index (χ1v) is 7.27. The van der Waals surface area contributed by atoms with Crippen molar-refractivity contribution in [2.75, 3.05) is 13.6 Å². The Hall–Kier alpha value is -1.13. The van der Waals surface area contributed by atoms with Crippen LogP contribution in [0.1, 0.15) is 17.1 Å². The van der Waals surface area contributed by atoms with Crippen molar-refractivity contribution in [2.24, 2.45) is 7.05 Å². The van der Waals surface area contributed by atoms with Gasteiger partial charge in [0.2, 0.25) is 0 Å². The first-order valence-electron chi connectivity index (χ1n) is 6.48. The van der Waals surface area contributed by atoms with E-state index in [4.69, 9.17) is 4.98 Å². The molecular formula is C15H20BrN3. The Balaban J connectivity index is 2.47. The van der Waals surface area contributed by atoms with Gasteiger partial charge in [0.25, 0.3) is 0 Å². The summed E-state index contributed by atoms with van der Waals surface area (Å²) in [5.41, 5.74) is 4.77. The van der Waals surface area contributed by atoms with Crippen molar-refractivity contribution in [3.63, 3.8) is 0 Å². The maximum atomic E-state index is 4.82. The number of aryl methyl sites for hydroxylation is 1. The van der Waals surface area contributed by atoms with Crippen LogP contribution in [-0.2, 0) is 13.5 Å². The van der Waals surface area contributed by atoms with Crippen LogP contribution in [0.4, 0.5) is 0 Å². The number of aromatic nitrogens is 2. The number of benzene rings is 1. The van der Waals surface area contributed by atoms with Crippen molar-refractivity contribution >= 4 is 15.9 Å². The number of hydrogen-bond donors (Lipinski definition) is 1. The van der Waals surface area contributed by atoms with Crippen LogP contribution in [0.25, 0.3) is 11.3 Å². The maximum Gasteiger partial charge on any atom is 0.110 e. The van der Waals surface area contributed by atoms with Gasteiger partial charge < -0.3 is 9.88 Å². The summed E-state index contributed by atoms with van der Waals surface area (Å²) in [6.45, 7) is 5.20. The van der Waals surface area contributed by atoms with Gasteiger partial charge in [0.1, 0.15) is 5.82 Å². The quantitative estimate of drug-likeness (QED) is 0.937. The number of nitrogens with one attached hydrogen (secondary N) is 1. The fourth-order valence-electron chi connectivity index (χ4n) is 2.20. The van der Waals surface area contributed by atoms with Crippen molar-refractivity contribution in [1.82, 2.24) is 14.9 Å². The van der Waals surface area contributed by atoms with Crippen LogP contribution in [0, 0.1) is 13.8 Å². The summed E-state index contributed by atoms with van der Waals surface area (Å²) in [5.74, 6) is 1.13. The molecule has 0 saturated heterocycles. The molecule has 0 aliphatic heterocycles. The highest BCUT2D eigenvalue weighted by molar-refractivity contribution is 9.10. The van der Waals surface area contributed by atoms with Crippen LogP contribution < -0.4 is 5.32 Å². The molecule has 2 rings (SSSR count). The van der Waals surface area contributed by atoms with Crippen LogP contribution in [0.3, 0.4) is 0 Å². The van der Waals surface area contributed by atoms with E-state index >= 15 is 0 Å². The first kappa shape index (κ1) is 14.3. The first-order chi connectivity index (χ1) is 9.04. The zero-order valence-electron chi connectivity index (χ0n) is 11.9. The number of rotatable bonds is 4. The highest BCUT2D eigenvalue weighted by Gasteiger charge is 2.14. The molecule has 0 unspecified atom stereocenters. The van der Waals surface area contributed by atoms with Gasteiger partial charge in [-0.3, -0.25) is 0 Å². The van der Waals surface area contributed by atoms with Gasteiger partial charge in [-0.2, -0.15) is 0 Å². The third kappa shape index (κ3) is 2.90. The molecule has 0 aliphatic rings. The minimum absolute atomic E-state index is 0.945. The SMILES string of the molecule is CNCCc1nc(-c2cc(Br)ccc2C)c(C)n1C. The largest absolute Gasteiger partial charge is 0.335 e. The topological polar surface area (TPSA) is 29.9 Å². The molecule has 2 aromatic rings. The predicted molar refractivity (Wildman–Crippen MR) is 83.4 cm³/mol. The summed E-state index contributed by atoms with van der Waals surface area (Å²) in [4.78, 5) is 4.82. The highest BCUT2D eigenvalue weighted by Crippen LogP contribution is 2.29. The summed E-state index contributed by atoms with van der Waals surface area (Å²) < 4.78 is 3.28. The van der Waals surface area contributed by atoms with E-state index in [1.807, 2.05) is 7.05 Å². The van der Waals surface area contributed by atoms with Crippen LogP contribution in [0.5, 0.6) is 0 Å². The molecule has 3 nitrogen and oxygen atoms in total. The van der Waals surface area contributed by atoms with Crippen molar-refractivity contribution in [3.05, 3.63) is 39.8 Å². The maximum absolute atomic E-state index is 4.82. The molecule has 1 N–H and O–H groups in total. The van der Waals surface area contributed by atoms with E-state index in [2.05, 4.69) is 64.9 Å². The summed E-state index contributed by atoms with van der Waals surface area (Å²) in [6, 6.07) is 6.34. The van der Waals surface area contributed by atoms with Crippen molar-refractivity contribution in [2.45, 2.75) is 20.3 Å². The molecule has 0 spiro atoms. The van der Waals surface area contributed by atoms with Gasteiger partial charge in [0.05, 0.1) is 5.69 Å². The van der Waals surface area contributed by atoms with E-state index in [0.29, 0.717) is 0 Å². The molecule has 1 aromatic heterocycles. The van der Waals surface area contributed by atoms with Crippen LogP contribution in [0.15, 0.2) is 22.7 Å². The lowest BCUT2D eigenvalue weighted by Gasteiger charge is -2.05. The van der Waals surface area contributed by atoms with Gasteiger partial charge in [-0.1, -0.05) is 22.0 Å². The number of halogens is 1. The van der Waals surface area contributed by atoms with Gasteiger partial charge in [-0.15, -0.1) is 0 Å². The summed E-state index contributed by atoms with van der Waals surface area (Å²) in [5, 5.41) is 3.17. The monoisotopic (exact) mass is 321 g/mol. The summed E-state index contributed by atoms with van der Waals surface area (Å²) in [7, 11) is 4.05. The molecule has 0 aliphatic carbocycles. The third-order valence-electron chi connectivity index (χ3n) is 3.53. The number of imidazole rings is 1. The lowest BCUT2D eigenvalue weighted by atomic mass is 10.0. The lowest BCUT2D eigenvalue weighted by molar-refractivity contribution is 0.710. The average Bonchev–Trinajstić information content (AvgIpc) is 2.67. The molecule has 1 heterocycles. The van der Waals surface area contributed by atoms with E-state index < -0.39 is 0 Å². The molecule has 19 heavy (non-hydrogen) atoms. The highest BCUT2D eigenvalue weighted by atomic mass is 79.9. The Morgan fingerprint density at radius 3 is 2.74 bits per heavy atom. The lowest BCUT2D eigenvalue weighted by Crippen LogP contribution is -2.13. The minimum atomic E-state index is 0.945. The molecule has 0 atom stereocenters. The zero-order valence-corrected chi connectivity index (χ0v) is 13.5. The van der Waals surface area contributed by atoms with Gasteiger partial charge in [-0.05, 0) is 38.6 Å². The second-order valence-electron chi connectivity index (χ2n) is 4.83. The molecule has 0 amide bonds. The Kier molecular flexibility index (Phi) is 4.42. The van der Waals surface area contributed by atoms with E-state index in [1.54, 1.807) is 0 Å². The van der Waals surface area contributed by atoms with Gasteiger partial charge in [0, 0.05) is 35.7 Å². The van der Waals surface area contributed by atoms with Crippen molar-refractivity contribution < 1.29 is 0 Å². The fraction of sp³-hybridized carbons (Fsp3) is 0.400. The molecule has 0 saturated carbocycles. The Morgan fingerprint density at radius 1 is 1.32 bits per heavy atom. The van der Waals surface area contributed by atoms with E-state index in [0.717, 1.165) is 29.0 Å². The average molecular weight is 322 g/mol. The third-order valence-corrected chi connectivity index (χ3v) is 4.02. The van der Waals surface area contributed by atoms with Gasteiger partial charge in [-0.25, -0.2) is 4.98 Å². The fourth-order valence-corrected chi connectivity index (χ4v) is 2.56. The Morgan fingerprint density at radius 2 is 2.05 bits per heavy atom. The molecule has 1 aromatic carbocycles. The van der Waals surface area contributed by atoms with E-state index in [1.165, 1.54) is 16.8 Å². The Labute approximate surface area is 123 Å². The van der Waals surface area contributed by atoms with Crippen LogP contribution in [-0.4, -0.2) is 23.1 Å². The van der Waals surface area contributed by atoms with Crippen molar-refractivity contribution in [1.29, 1.82) is 0 Å². The van der Waals surface area contributed by atoms with Crippen LogP contribution >= 0.6 is 15.9 Å². The number of hydrogen-bond acceptors (Lipinski definition) is 2. The van der Waals surface area contributed by atoms with Crippen molar-refractivity contribution in [3.8, 4) is 11.3 Å². The molecule has 102 valence electrons. The minimum Gasteiger partial charge on any atom is -0.335 e. The number of nitrogens with zero attached hydrogens (tertiary/aromatic N) is 2. The van der Waals surface area contributed by atoms with Gasteiger partial charge >= 0.3 is 0 Å². The zero-order chi connectivity index (χ0) is 14.0. The van der Waals surface area contributed by atoms with Crippen LogP contribution in [0.2, 0.25) is 0 Å². The van der Waals surface area contributed by atoms with E-state index in [-0.39, 0.29) is 0 Å². The van der Waals surface area contributed by atoms with Gasteiger partial charge in [0.15, 0.2) is 0 Å². The molecule has 0 fully saturated rings. The standard InChI is InChI=1S/C15H20BrN3/c1-10-5-6-12(16)9-13(10)15-11(2)19(4)14(18-15)7-8-17-3/h5-6,9,17H,7-8H2,1-4H3. The second kappa shape index (κ2) is 5.88. The Bertz CT molecular complexity index is 587. The molecule has 4 heteroatoms. The normalized spacial score (nSPS) is 11.0. The predicted octanol–water partition coefficient (Wildman–Crippen LogP) is 3.23. The molecular weight excluding hydrogens is 302 g/mol. The summed E-state index contributed by atoms with van der Waals surface area (Å²) >= 11 is 3.54. The number of likely N-dealkylation sites (N-methyl/N-ethyl adjacent to an activating group) is 1. The molecule has 0 radical (unpaired) electrons. The second-order valence-corrected chi connectivity index (χ2v) is 5.75.